The fourth-order valence-corrected chi connectivity index (χ4v) is 3.06. The van der Waals surface area contributed by atoms with E-state index in [1.165, 1.54) is 6.07 Å². The zero-order chi connectivity index (χ0) is 20.0. The second-order valence-corrected chi connectivity index (χ2v) is 6.16. The van der Waals surface area contributed by atoms with Crippen molar-refractivity contribution in [2.45, 2.75) is 23.9 Å². The Hall–Kier alpha value is -1.68. The van der Waals surface area contributed by atoms with Crippen LogP contribution in [0, 0.1) is 0 Å². The van der Waals surface area contributed by atoms with Gasteiger partial charge in [-0.1, -0.05) is 52.3 Å². The average molecular weight is 449 g/mol. The van der Waals surface area contributed by atoms with Crippen molar-refractivity contribution < 1.29 is 40.2 Å². The molecule has 1 N–H and O–H groups in total. The van der Waals surface area contributed by atoms with Crippen LogP contribution in [0.2, 0.25) is 0 Å². The van der Waals surface area contributed by atoms with Crippen molar-refractivity contribution in [1.29, 1.82) is 0 Å². The van der Waals surface area contributed by atoms with E-state index in [1.54, 1.807) is 0 Å². The number of hydrogen-bond donors (Lipinski definition) is 1. The lowest BCUT2D eigenvalue weighted by atomic mass is 9.78. The molecule has 0 bridgehead atoms. The van der Waals surface area contributed by atoms with E-state index in [0.717, 1.165) is 24.3 Å². The standard InChI is InChI=1S/C16H9BrF8O/c17-12-8-4-3-7-11(12)13(26,15(21,22)16(23,24)25)9-5-1-2-6-10(9)14(18,19)20/h1-8,26H. The van der Waals surface area contributed by atoms with Crippen molar-refractivity contribution in [3.8, 4) is 0 Å². The highest BCUT2D eigenvalue weighted by Gasteiger charge is 2.72. The van der Waals surface area contributed by atoms with Gasteiger partial charge in [0.2, 0.25) is 0 Å². The Kier molecular flexibility index (Phi) is 5.15. The van der Waals surface area contributed by atoms with Crippen LogP contribution < -0.4 is 0 Å². The van der Waals surface area contributed by atoms with E-state index in [9.17, 15) is 40.2 Å². The highest BCUT2D eigenvalue weighted by atomic mass is 79.9. The maximum Gasteiger partial charge on any atom is 0.457 e. The molecule has 142 valence electrons. The summed E-state index contributed by atoms with van der Waals surface area (Å²) in [6, 6.07) is 6.35. The molecular formula is C16H9BrF8O. The van der Waals surface area contributed by atoms with Crippen LogP contribution in [0.25, 0.3) is 0 Å². The van der Waals surface area contributed by atoms with E-state index in [0.29, 0.717) is 18.2 Å². The van der Waals surface area contributed by atoms with Crippen LogP contribution in [0.5, 0.6) is 0 Å². The van der Waals surface area contributed by atoms with Gasteiger partial charge < -0.3 is 5.11 Å². The third-order valence-corrected chi connectivity index (χ3v) is 4.39. The molecule has 2 aromatic rings. The second-order valence-electron chi connectivity index (χ2n) is 5.31. The number of benzene rings is 2. The molecule has 1 unspecified atom stereocenters. The molecule has 0 fully saturated rings. The van der Waals surface area contributed by atoms with Gasteiger partial charge in [-0.15, -0.1) is 0 Å². The zero-order valence-electron chi connectivity index (χ0n) is 12.5. The summed E-state index contributed by atoms with van der Waals surface area (Å²) in [4.78, 5) is 0. The highest BCUT2D eigenvalue weighted by Crippen LogP contribution is 2.54. The van der Waals surface area contributed by atoms with Gasteiger partial charge in [0, 0.05) is 15.6 Å². The van der Waals surface area contributed by atoms with E-state index in [4.69, 9.17) is 0 Å². The van der Waals surface area contributed by atoms with Gasteiger partial charge >= 0.3 is 18.3 Å². The molecule has 0 heterocycles. The lowest BCUT2D eigenvalue weighted by Gasteiger charge is -2.39. The van der Waals surface area contributed by atoms with Crippen LogP contribution in [0.1, 0.15) is 16.7 Å². The molecule has 0 aliphatic heterocycles. The third kappa shape index (κ3) is 3.20. The van der Waals surface area contributed by atoms with Crippen LogP contribution in [0.15, 0.2) is 53.0 Å². The topological polar surface area (TPSA) is 20.2 Å². The normalized spacial score (nSPS) is 15.6. The predicted octanol–water partition coefficient (Wildman–Crippen LogP) is 5.90. The summed E-state index contributed by atoms with van der Waals surface area (Å²) in [5.74, 6) is -5.93. The van der Waals surface area contributed by atoms with Crippen LogP contribution in [0.3, 0.4) is 0 Å². The minimum absolute atomic E-state index is 0.323. The molecule has 0 radical (unpaired) electrons. The Morgan fingerprint density at radius 1 is 0.654 bits per heavy atom. The molecule has 0 aliphatic rings. The van der Waals surface area contributed by atoms with Crippen LogP contribution in [0.4, 0.5) is 35.1 Å². The van der Waals surface area contributed by atoms with Gasteiger partial charge in [0.15, 0.2) is 5.60 Å². The SMILES string of the molecule is OC(c1ccccc1Br)(c1ccccc1C(F)(F)F)C(F)(F)C(F)(F)F. The first-order chi connectivity index (χ1) is 11.7. The number of hydrogen-bond acceptors (Lipinski definition) is 1. The minimum Gasteiger partial charge on any atom is -0.374 e. The summed E-state index contributed by atoms with van der Waals surface area (Å²) in [6.07, 6.45) is -11.6. The summed E-state index contributed by atoms with van der Waals surface area (Å²) >= 11 is 2.72. The summed E-state index contributed by atoms with van der Waals surface area (Å²) < 4.78 is 107. The monoisotopic (exact) mass is 448 g/mol. The highest BCUT2D eigenvalue weighted by molar-refractivity contribution is 9.10. The Bertz CT molecular complexity index is 799. The zero-order valence-corrected chi connectivity index (χ0v) is 14.1. The van der Waals surface area contributed by atoms with E-state index < -0.39 is 45.0 Å². The van der Waals surface area contributed by atoms with Crippen LogP contribution in [-0.2, 0) is 11.8 Å². The quantitative estimate of drug-likeness (QED) is 0.579. The van der Waals surface area contributed by atoms with Gasteiger partial charge in [-0.25, -0.2) is 0 Å². The molecule has 26 heavy (non-hydrogen) atoms. The molecule has 0 aromatic heterocycles. The summed E-state index contributed by atoms with van der Waals surface area (Å²) in [5, 5.41) is 10.5. The van der Waals surface area contributed by atoms with Crippen molar-refractivity contribution >= 4 is 15.9 Å². The van der Waals surface area contributed by atoms with Gasteiger partial charge in [0.1, 0.15) is 0 Å². The number of aliphatic hydroxyl groups is 1. The maximum atomic E-state index is 14.3. The van der Waals surface area contributed by atoms with E-state index in [-0.39, 0.29) is 0 Å². The van der Waals surface area contributed by atoms with Gasteiger partial charge in [-0.05, 0) is 12.1 Å². The molecule has 0 aliphatic carbocycles. The van der Waals surface area contributed by atoms with Gasteiger partial charge in [0.25, 0.3) is 0 Å². The van der Waals surface area contributed by atoms with E-state index in [2.05, 4.69) is 15.9 Å². The van der Waals surface area contributed by atoms with E-state index >= 15 is 0 Å². The van der Waals surface area contributed by atoms with E-state index in [1.807, 2.05) is 0 Å². The minimum atomic E-state index is -6.32. The first-order valence-electron chi connectivity index (χ1n) is 6.83. The van der Waals surface area contributed by atoms with Crippen LogP contribution in [-0.4, -0.2) is 17.2 Å². The fraction of sp³-hybridized carbons (Fsp3) is 0.250. The molecule has 0 spiro atoms. The van der Waals surface area contributed by atoms with Crippen molar-refractivity contribution in [1.82, 2.24) is 0 Å². The molecule has 2 rings (SSSR count). The molecule has 2 aromatic carbocycles. The molecule has 1 atom stereocenters. The number of alkyl halides is 8. The van der Waals surface area contributed by atoms with Crippen molar-refractivity contribution in [3.63, 3.8) is 0 Å². The molecule has 0 saturated carbocycles. The molecule has 10 heteroatoms. The van der Waals surface area contributed by atoms with Crippen molar-refractivity contribution in [3.05, 3.63) is 69.7 Å². The Balaban J connectivity index is 2.96. The van der Waals surface area contributed by atoms with Gasteiger partial charge in [-0.3, -0.25) is 0 Å². The van der Waals surface area contributed by atoms with Crippen molar-refractivity contribution in [2.24, 2.45) is 0 Å². The third-order valence-electron chi connectivity index (χ3n) is 3.70. The molecule has 1 nitrogen and oxygen atoms in total. The first kappa shape index (κ1) is 20.6. The second kappa shape index (κ2) is 6.49. The van der Waals surface area contributed by atoms with Gasteiger partial charge in [0.05, 0.1) is 5.56 Å². The lowest BCUT2D eigenvalue weighted by Crippen LogP contribution is -2.56. The smallest absolute Gasteiger partial charge is 0.374 e. The van der Waals surface area contributed by atoms with Crippen molar-refractivity contribution in [2.75, 3.05) is 0 Å². The Morgan fingerprint density at radius 2 is 1.08 bits per heavy atom. The fourth-order valence-electron chi connectivity index (χ4n) is 2.49. The maximum absolute atomic E-state index is 14.3. The predicted molar refractivity (Wildman–Crippen MR) is 79.6 cm³/mol. The largest absolute Gasteiger partial charge is 0.457 e. The van der Waals surface area contributed by atoms with Gasteiger partial charge in [-0.2, -0.15) is 35.1 Å². The Labute approximate surface area is 150 Å². The summed E-state index contributed by atoms with van der Waals surface area (Å²) in [5.41, 5.74) is -8.79. The molecule has 0 amide bonds. The van der Waals surface area contributed by atoms with Crippen LogP contribution >= 0.6 is 15.9 Å². The lowest BCUT2D eigenvalue weighted by molar-refractivity contribution is -0.337. The summed E-state index contributed by atoms with van der Waals surface area (Å²) in [6.45, 7) is 0. The number of rotatable bonds is 3. The molecular weight excluding hydrogens is 440 g/mol. The first-order valence-corrected chi connectivity index (χ1v) is 7.62. The Morgan fingerprint density at radius 3 is 1.50 bits per heavy atom. The molecule has 0 saturated heterocycles. The average Bonchev–Trinajstić information content (AvgIpc) is 2.52. The number of halogens is 9. The summed E-state index contributed by atoms with van der Waals surface area (Å²) in [7, 11) is 0.